The standard InChI is InChI=1S/C27H45N2/c1-3-5-7-9-10-11-13-18-22-29-24-23-28(21-17-12-8-6-4-2)27(29)25-26-19-15-14-16-20-26/h14-16,19-20,23-24H,3-13,17-18,21-22,25H2,1-2H3/q+1. The van der Waals surface area contributed by atoms with Gasteiger partial charge in [0.15, 0.2) is 0 Å². The Kier molecular flexibility index (Phi) is 12.5. The summed E-state index contributed by atoms with van der Waals surface area (Å²) in [4.78, 5) is 0. The van der Waals surface area contributed by atoms with E-state index in [1.54, 1.807) is 0 Å². The van der Waals surface area contributed by atoms with Gasteiger partial charge in [0.2, 0.25) is 0 Å². The molecule has 2 heteroatoms. The Morgan fingerprint density at radius 2 is 1.28 bits per heavy atom. The van der Waals surface area contributed by atoms with Crippen LogP contribution in [0.2, 0.25) is 0 Å². The summed E-state index contributed by atoms with van der Waals surface area (Å²) in [5, 5.41) is 0. The molecule has 0 saturated carbocycles. The molecule has 1 aromatic carbocycles. The SMILES string of the molecule is CCCCCCCCCCn1cc[n+](CCCCCCC)c1Cc1ccccc1. The van der Waals surface area contributed by atoms with Crippen LogP contribution in [-0.2, 0) is 19.5 Å². The first-order chi connectivity index (χ1) is 14.3. The van der Waals surface area contributed by atoms with Crippen LogP contribution >= 0.6 is 0 Å². The molecule has 2 nitrogen and oxygen atoms in total. The van der Waals surface area contributed by atoms with Gasteiger partial charge in [0, 0.05) is 0 Å². The third kappa shape index (κ3) is 9.65. The summed E-state index contributed by atoms with van der Waals surface area (Å²) in [7, 11) is 0. The second kappa shape index (κ2) is 15.3. The van der Waals surface area contributed by atoms with Gasteiger partial charge in [-0.3, -0.25) is 0 Å². The van der Waals surface area contributed by atoms with E-state index in [0.29, 0.717) is 0 Å². The van der Waals surface area contributed by atoms with Gasteiger partial charge in [0.25, 0.3) is 5.82 Å². The van der Waals surface area contributed by atoms with Crippen molar-refractivity contribution >= 4 is 0 Å². The normalized spacial score (nSPS) is 11.2. The van der Waals surface area contributed by atoms with Crippen molar-refractivity contribution in [3.63, 3.8) is 0 Å². The zero-order chi connectivity index (χ0) is 20.6. The Morgan fingerprint density at radius 1 is 0.690 bits per heavy atom. The van der Waals surface area contributed by atoms with E-state index in [2.05, 4.69) is 65.7 Å². The highest BCUT2D eigenvalue weighted by atomic mass is 15.1. The van der Waals surface area contributed by atoms with Crippen LogP contribution in [0.15, 0.2) is 42.7 Å². The molecule has 0 aliphatic rings. The molecule has 2 aromatic rings. The van der Waals surface area contributed by atoms with Crippen LogP contribution < -0.4 is 4.57 Å². The Balaban J connectivity index is 1.85. The van der Waals surface area contributed by atoms with Crippen molar-refractivity contribution in [1.82, 2.24) is 4.57 Å². The van der Waals surface area contributed by atoms with Crippen LogP contribution in [0, 0.1) is 0 Å². The first-order valence-electron chi connectivity index (χ1n) is 12.5. The van der Waals surface area contributed by atoms with E-state index in [0.717, 1.165) is 13.0 Å². The van der Waals surface area contributed by atoms with Crippen LogP contribution in [-0.4, -0.2) is 4.57 Å². The maximum absolute atomic E-state index is 2.52. The quantitative estimate of drug-likeness (QED) is 0.193. The molecule has 0 unspecified atom stereocenters. The molecule has 0 saturated heterocycles. The first kappa shape index (κ1) is 23.7. The summed E-state index contributed by atoms with van der Waals surface area (Å²) in [6.45, 7) is 6.91. The van der Waals surface area contributed by atoms with E-state index < -0.39 is 0 Å². The maximum atomic E-state index is 2.52. The largest absolute Gasteiger partial charge is 0.260 e. The highest BCUT2D eigenvalue weighted by molar-refractivity contribution is 5.18. The second-order valence-electron chi connectivity index (χ2n) is 8.65. The predicted molar refractivity (Wildman–Crippen MR) is 125 cm³/mol. The summed E-state index contributed by atoms with van der Waals surface area (Å²) in [5.41, 5.74) is 1.42. The second-order valence-corrected chi connectivity index (χ2v) is 8.65. The third-order valence-corrected chi connectivity index (χ3v) is 6.05. The van der Waals surface area contributed by atoms with E-state index in [1.165, 1.54) is 101 Å². The molecule has 0 amide bonds. The first-order valence-corrected chi connectivity index (χ1v) is 12.5. The molecule has 0 bridgehead atoms. The van der Waals surface area contributed by atoms with Gasteiger partial charge in [0.05, 0.1) is 19.5 Å². The zero-order valence-corrected chi connectivity index (χ0v) is 19.2. The van der Waals surface area contributed by atoms with E-state index in [-0.39, 0.29) is 0 Å². The fourth-order valence-electron chi connectivity index (χ4n) is 4.19. The van der Waals surface area contributed by atoms with E-state index in [9.17, 15) is 0 Å². The summed E-state index contributed by atoms with van der Waals surface area (Å²) < 4.78 is 5.04. The van der Waals surface area contributed by atoms with Crippen molar-refractivity contribution in [2.45, 2.75) is 117 Å². The number of aromatic nitrogens is 2. The molecule has 162 valence electrons. The van der Waals surface area contributed by atoms with Gasteiger partial charge in [-0.1, -0.05) is 102 Å². The molecular weight excluding hydrogens is 352 g/mol. The van der Waals surface area contributed by atoms with Gasteiger partial charge in [-0.25, -0.2) is 9.13 Å². The minimum Gasteiger partial charge on any atom is -0.234 e. The summed E-state index contributed by atoms with van der Waals surface area (Å²) in [6.07, 6.45) is 23.5. The van der Waals surface area contributed by atoms with E-state index >= 15 is 0 Å². The zero-order valence-electron chi connectivity index (χ0n) is 19.2. The average molecular weight is 398 g/mol. The molecule has 0 spiro atoms. The lowest BCUT2D eigenvalue weighted by Crippen LogP contribution is -2.37. The molecule has 0 atom stereocenters. The molecule has 29 heavy (non-hydrogen) atoms. The van der Waals surface area contributed by atoms with Gasteiger partial charge in [0.1, 0.15) is 12.4 Å². The molecule has 2 rings (SSSR count). The van der Waals surface area contributed by atoms with Crippen molar-refractivity contribution in [3.05, 3.63) is 54.1 Å². The van der Waals surface area contributed by atoms with E-state index in [4.69, 9.17) is 0 Å². The molecule has 0 radical (unpaired) electrons. The lowest BCUT2D eigenvalue weighted by molar-refractivity contribution is -0.703. The lowest BCUT2D eigenvalue weighted by Gasteiger charge is -2.07. The molecule has 0 fully saturated rings. The van der Waals surface area contributed by atoms with Crippen LogP contribution in [0.25, 0.3) is 0 Å². The molecule has 0 aliphatic carbocycles. The Morgan fingerprint density at radius 3 is 1.93 bits per heavy atom. The number of hydrogen-bond donors (Lipinski definition) is 0. The lowest BCUT2D eigenvalue weighted by atomic mass is 10.1. The monoisotopic (exact) mass is 397 g/mol. The van der Waals surface area contributed by atoms with Crippen molar-refractivity contribution in [1.29, 1.82) is 0 Å². The smallest absolute Gasteiger partial charge is 0.234 e. The maximum Gasteiger partial charge on any atom is 0.260 e. The number of hydrogen-bond acceptors (Lipinski definition) is 0. The van der Waals surface area contributed by atoms with Crippen molar-refractivity contribution in [2.75, 3.05) is 0 Å². The van der Waals surface area contributed by atoms with Gasteiger partial charge >= 0.3 is 0 Å². The van der Waals surface area contributed by atoms with E-state index in [1.807, 2.05) is 0 Å². The highest BCUT2D eigenvalue weighted by Crippen LogP contribution is 2.12. The number of benzene rings is 1. The number of aryl methyl sites for hydroxylation is 2. The third-order valence-electron chi connectivity index (χ3n) is 6.05. The molecule has 0 N–H and O–H groups in total. The topological polar surface area (TPSA) is 8.81 Å². The number of unbranched alkanes of at least 4 members (excludes halogenated alkanes) is 11. The minimum absolute atomic E-state index is 1.04. The molecule has 1 aromatic heterocycles. The highest BCUT2D eigenvalue weighted by Gasteiger charge is 2.17. The Hall–Kier alpha value is -1.57. The fourth-order valence-corrected chi connectivity index (χ4v) is 4.19. The van der Waals surface area contributed by atoms with Crippen molar-refractivity contribution < 1.29 is 4.57 Å². The van der Waals surface area contributed by atoms with Crippen LogP contribution in [0.1, 0.15) is 109 Å². The molecule has 1 heterocycles. The van der Waals surface area contributed by atoms with Gasteiger partial charge in [-0.05, 0) is 31.2 Å². The minimum atomic E-state index is 1.04. The number of nitrogens with zero attached hydrogens (tertiary/aromatic N) is 2. The van der Waals surface area contributed by atoms with Crippen LogP contribution in [0.5, 0.6) is 0 Å². The number of rotatable bonds is 17. The van der Waals surface area contributed by atoms with Gasteiger partial charge in [-0.15, -0.1) is 0 Å². The molecular formula is C27H45N2+. The van der Waals surface area contributed by atoms with Crippen LogP contribution in [0.3, 0.4) is 0 Å². The van der Waals surface area contributed by atoms with Gasteiger partial charge < -0.3 is 0 Å². The fraction of sp³-hybridized carbons (Fsp3) is 0.667. The summed E-state index contributed by atoms with van der Waals surface area (Å²) in [5.74, 6) is 1.48. The average Bonchev–Trinajstić information content (AvgIpc) is 3.12. The molecule has 0 aliphatic heterocycles. The van der Waals surface area contributed by atoms with Crippen LogP contribution in [0.4, 0.5) is 0 Å². The number of imidazole rings is 1. The summed E-state index contributed by atoms with van der Waals surface area (Å²) in [6, 6.07) is 11.0. The van der Waals surface area contributed by atoms with Crippen molar-refractivity contribution in [3.8, 4) is 0 Å². The van der Waals surface area contributed by atoms with Gasteiger partial charge in [-0.2, -0.15) is 0 Å². The predicted octanol–water partition coefficient (Wildman–Crippen LogP) is 7.48. The summed E-state index contributed by atoms with van der Waals surface area (Å²) >= 11 is 0. The Bertz CT molecular complexity index is 629. The Labute approximate surface area is 180 Å². The van der Waals surface area contributed by atoms with Crippen molar-refractivity contribution in [2.24, 2.45) is 0 Å².